The number of rotatable bonds is 10. The summed E-state index contributed by atoms with van der Waals surface area (Å²) < 4.78 is 11.1. The number of nitrogens with one attached hydrogen (secondary N) is 1. The van der Waals surface area contributed by atoms with E-state index in [0.717, 1.165) is 29.5 Å². The van der Waals surface area contributed by atoms with Crippen molar-refractivity contribution in [2.75, 3.05) is 19.0 Å². The van der Waals surface area contributed by atoms with Crippen LogP contribution in [0.2, 0.25) is 0 Å². The van der Waals surface area contributed by atoms with Gasteiger partial charge in [0.05, 0.1) is 17.2 Å². The summed E-state index contributed by atoms with van der Waals surface area (Å²) in [5.74, 6) is 0.0126. The Bertz CT molecular complexity index is 998. The fraction of sp³-hybridized carbons (Fsp3) is 0.174. The van der Waals surface area contributed by atoms with E-state index in [-0.39, 0.29) is 29.6 Å². The minimum Gasteiger partial charge on any atom is -0.489 e. The largest absolute Gasteiger partial charge is 0.489 e. The second kappa shape index (κ2) is 11.1. The molecule has 0 atom stereocenters. The average Bonchev–Trinajstić information content (AvgIpc) is 2.79. The number of benzene rings is 2. The van der Waals surface area contributed by atoms with Crippen molar-refractivity contribution >= 4 is 29.2 Å². The van der Waals surface area contributed by atoms with Crippen LogP contribution in [0.25, 0.3) is 0 Å². The van der Waals surface area contributed by atoms with Crippen molar-refractivity contribution in [2.24, 2.45) is 0 Å². The molecular formula is C23H21NO6S. The van der Waals surface area contributed by atoms with Crippen molar-refractivity contribution < 1.29 is 29.0 Å². The molecule has 2 aromatic rings. The van der Waals surface area contributed by atoms with Gasteiger partial charge in [0.25, 0.3) is 5.91 Å². The SMILES string of the molecule is O=C(COc1ccc(OCc2ccccc2)cc1)NC1=CC(=O)C(SCCO)=CC1=O. The summed E-state index contributed by atoms with van der Waals surface area (Å²) in [7, 11) is 0. The molecule has 0 heterocycles. The van der Waals surface area contributed by atoms with Gasteiger partial charge in [-0.2, -0.15) is 0 Å². The third-order valence-corrected chi connectivity index (χ3v) is 5.13. The molecule has 0 fully saturated rings. The van der Waals surface area contributed by atoms with Gasteiger partial charge in [-0.3, -0.25) is 14.4 Å². The van der Waals surface area contributed by atoms with Crippen LogP contribution in [0.4, 0.5) is 0 Å². The van der Waals surface area contributed by atoms with E-state index in [1.54, 1.807) is 24.3 Å². The summed E-state index contributed by atoms with van der Waals surface area (Å²) in [6.07, 6.45) is 2.24. The average molecular weight is 439 g/mol. The molecule has 0 unspecified atom stereocenters. The second-order valence-electron chi connectivity index (χ2n) is 6.45. The number of thioether (sulfide) groups is 1. The molecule has 160 valence electrons. The maximum atomic E-state index is 12.1. The van der Waals surface area contributed by atoms with Crippen LogP contribution in [-0.2, 0) is 21.0 Å². The van der Waals surface area contributed by atoms with E-state index >= 15 is 0 Å². The second-order valence-corrected chi connectivity index (χ2v) is 7.59. The van der Waals surface area contributed by atoms with Crippen LogP contribution >= 0.6 is 11.8 Å². The van der Waals surface area contributed by atoms with Gasteiger partial charge in [-0.25, -0.2) is 0 Å². The summed E-state index contributed by atoms with van der Waals surface area (Å²) in [6.45, 7) is 0.0209. The lowest BCUT2D eigenvalue weighted by Gasteiger charge is -2.13. The molecule has 2 N–H and O–H groups in total. The van der Waals surface area contributed by atoms with Crippen LogP contribution < -0.4 is 14.8 Å². The lowest BCUT2D eigenvalue weighted by atomic mass is 10.1. The van der Waals surface area contributed by atoms with Crippen molar-refractivity contribution in [2.45, 2.75) is 6.61 Å². The van der Waals surface area contributed by atoms with E-state index in [2.05, 4.69) is 5.32 Å². The lowest BCUT2D eigenvalue weighted by molar-refractivity contribution is -0.124. The van der Waals surface area contributed by atoms with E-state index in [9.17, 15) is 14.4 Å². The van der Waals surface area contributed by atoms with Gasteiger partial charge in [0.2, 0.25) is 5.78 Å². The van der Waals surface area contributed by atoms with Crippen molar-refractivity contribution in [3.63, 3.8) is 0 Å². The van der Waals surface area contributed by atoms with Gasteiger partial charge in [-0.05, 0) is 29.8 Å². The Balaban J connectivity index is 1.45. The molecule has 1 aliphatic carbocycles. The molecule has 0 spiro atoms. The Morgan fingerprint density at radius 3 is 2.26 bits per heavy atom. The van der Waals surface area contributed by atoms with Gasteiger partial charge in [-0.15, -0.1) is 11.8 Å². The molecule has 7 nitrogen and oxygen atoms in total. The number of ketones is 2. The Hall–Kier alpha value is -3.36. The Morgan fingerprint density at radius 1 is 0.903 bits per heavy atom. The number of aliphatic hydroxyl groups excluding tert-OH is 1. The Kier molecular flexibility index (Phi) is 8.03. The van der Waals surface area contributed by atoms with Crippen LogP contribution in [0.3, 0.4) is 0 Å². The number of hydrogen-bond donors (Lipinski definition) is 2. The number of aliphatic hydroxyl groups is 1. The van der Waals surface area contributed by atoms with Gasteiger partial charge >= 0.3 is 0 Å². The predicted octanol–water partition coefficient (Wildman–Crippen LogP) is 2.41. The maximum Gasteiger partial charge on any atom is 0.262 e. The molecule has 0 bridgehead atoms. The normalized spacial score (nSPS) is 13.3. The summed E-state index contributed by atoms with van der Waals surface area (Å²) in [5, 5.41) is 11.2. The molecule has 1 aliphatic rings. The zero-order chi connectivity index (χ0) is 22.1. The topological polar surface area (TPSA) is 102 Å². The smallest absolute Gasteiger partial charge is 0.262 e. The van der Waals surface area contributed by atoms with Gasteiger partial charge in [0.15, 0.2) is 12.4 Å². The first kappa shape index (κ1) is 22.3. The van der Waals surface area contributed by atoms with Crippen LogP contribution in [0.1, 0.15) is 5.56 Å². The fourth-order valence-electron chi connectivity index (χ4n) is 2.62. The van der Waals surface area contributed by atoms with Crippen LogP contribution in [0.15, 0.2) is 77.4 Å². The van der Waals surface area contributed by atoms with Gasteiger partial charge in [0, 0.05) is 17.9 Å². The number of allylic oxidation sites excluding steroid dienone is 3. The molecular weight excluding hydrogens is 418 g/mol. The highest BCUT2D eigenvalue weighted by Crippen LogP contribution is 2.22. The molecule has 3 rings (SSSR count). The Morgan fingerprint density at radius 2 is 1.58 bits per heavy atom. The summed E-state index contributed by atoms with van der Waals surface area (Å²) in [4.78, 5) is 36.4. The molecule has 31 heavy (non-hydrogen) atoms. The molecule has 0 aliphatic heterocycles. The van der Waals surface area contributed by atoms with Gasteiger partial charge < -0.3 is 19.9 Å². The van der Waals surface area contributed by atoms with E-state index in [0.29, 0.717) is 23.9 Å². The molecule has 2 aromatic carbocycles. The van der Waals surface area contributed by atoms with Crippen LogP contribution in [-0.4, -0.2) is 41.5 Å². The lowest BCUT2D eigenvalue weighted by Crippen LogP contribution is -2.33. The number of carbonyl (C=O) groups excluding carboxylic acids is 3. The van der Waals surface area contributed by atoms with Crippen LogP contribution in [0.5, 0.6) is 11.5 Å². The third kappa shape index (κ3) is 6.84. The van der Waals surface area contributed by atoms with Crippen molar-refractivity contribution in [3.8, 4) is 11.5 Å². The highest BCUT2D eigenvalue weighted by molar-refractivity contribution is 8.04. The zero-order valence-corrected chi connectivity index (χ0v) is 17.4. The quantitative estimate of drug-likeness (QED) is 0.548. The first-order chi connectivity index (χ1) is 15.0. The fourth-order valence-corrected chi connectivity index (χ4v) is 3.32. The molecule has 1 amide bonds. The van der Waals surface area contributed by atoms with Crippen molar-refractivity contribution in [3.05, 3.63) is 82.9 Å². The van der Waals surface area contributed by atoms with Crippen molar-refractivity contribution in [1.82, 2.24) is 5.32 Å². The minimum absolute atomic E-state index is 0.100. The minimum atomic E-state index is -0.559. The van der Waals surface area contributed by atoms with E-state index in [1.165, 1.54) is 0 Å². The monoisotopic (exact) mass is 439 g/mol. The zero-order valence-electron chi connectivity index (χ0n) is 16.6. The van der Waals surface area contributed by atoms with Crippen LogP contribution in [0, 0.1) is 0 Å². The molecule has 0 aromatic heterocycles. The van der Waals surface area contributed by atoms with Gasteiger partial charge in [0.1, 0.15) is 18.1 Å². The number of amides is 1. The number of hydrogen-bond acceptors (Lipinski definition) is 7. The first-order valence-electron chi connectivity index (χ1n) is 9.50. The first-order valence-corrected chi connectivity index (χ1v) is 10.5. The standard InChI is InChI=1S/C23H21NO6S/c25-10-11-31-22-13-20(26)19(12-21(22)27)24-23(28)15-30-18-8-6-17(7-9-18)29-14-16-4-2-1-3-5-16/h1-9,12-13,25H,10-11,14-15H2,(H,24,28). The molecule has 0 saturated heterocycles. The summed E-state index contributed by atoms with van der Waals surface area (Å²) in [6, 6.07) is 16.6. The molecule has 0 radical (unpaired) electrons. The van der Waals surface area contributed by atoms with Gasteiger partial charge in [-0.1, -0.05) is 30.3 Å². The molecule has 8 heteroatoms. The predicted molar refractivity (Wildman–Crippen MR) is 117 cm³/mol. The highest BCUT2D eigenvalue weighted by Gasteiger charge is 2.22. The highest BCUT2D eigenvalue weighted by atomic mass is 32.2. The maximum absolute atomic E-state index is 12.1. The van der Waals surface area contributed by atoms with E-state index in [1.807, 2.05) is 30.3 Å². The van der Waals surface area contributed by atoms with Crippen molar-refractivity contribution in [1.29, 1.82) is 0 Å². The molecule has 0 saturated carbocycles. The van der Waals surface area contributed by atoms with E-state index < -0.39 is 11.7 Å². The van der Waals surface area contributed by atoms with E-state index in [4.69, 9.17) is 14.6 Å². The third-order valence-electron chi connectivity index (χ3n) is 4.11. The summed E-state index contributed by atoms with van der Waals surface area (Å²) in [5.41, 5.74) is 0.954. The number of ether oxygens (including phenoxy) is 2. The number of carbonyl (C=O) groups is 3. The summed E-state index contributed by atoms with van der Waals surface area (Å²) >= 11 is 1.09. The Labute approximate surface area is 183 Å².